The van der Waals surface area contributed by atoms with Crippen LogP contribution in [-0.2, 0) is 0 Å². The van der Waals surface area contributed by atoms with Crippen molar-refractivity contribution < 1.29 is 0 Å². The summed E-state index contributed by atoms with van der Waals surface area (Å²) in [6.07, 6.45) is 18.4. The van der Waals surface area contributed by atoms with Gasteiger partial charge < -0.3 is 0 Å². The average molecular weight is 297 g/mol. The van der Waals surface area contributed by atoms with Crippen LogP contribution < -0.4 is 0 Å². The minimum absolute atomic E-state index is 0.579. The Hall–Kier alpha value is 0. The first-order valence-corrected chi connectivity index (χ1v) is 9.83. The van der Waals surface area contributed by atoms with E-state index in [1.807, 2.05) is 0 Å². The van der Waals surface area contributed by atoms with E-state index < -0.39 is 0 Å². The molecule has 0 aromatic carbocycles. The predicted octanol–water partition coefficient (Wildman–Crippen LogP) is 8.15. The Morgan fingerprint density at radius 3 is 1.14 bits per heavy atom. The standard InChI is InChI=1S/C21H44/c1-7-9-13-17-21(5,6)19-15-12-11-14-18-20(3,4)16-10-8-2/h7-19H2,1-6H3. The van der Waals surface area contributed by atoms with E-state index in [9.17, 15) is 0 Å². The van der Waals surface area contributed by atoms with Gasteiger partial charge in [-0.05, 0) is 36.5 Å². The molecule has 0 unspecified atom stereocenters. The average Bonchev–Trinajstić information content (AvgIpc) is 2.40. The first-order chi connectivity index (χ1) is 9.83. The highest BCUT2D eigenvalue weighted by Crippen LogP contribution is 2.32. The highest BCUT2D eigenvalue weighted by Gasteiger charge is 2.18. The highest BCUT2D eigenvalue weighted by molar-refractivity contribution is 4.70. The van der Waals surface area contributed by atoms with E-state index in [1.165, 1.54) is 83.5 Å². The van der Waals surface area contributed by atoms with Gasteiger partial charge in [0.1, 0.15) is 0 Å². The van der Waals surface area contributed by atoms with Gasteiger partial charge in [-0.2, -0.15) is 0 Å². The Morgan fingerprint density at radius 1 is 0.429 bits per heavy atom. The topological polar surface area (TPSA) is 0 Å². The molecule has 0 saturated heterocycles. The van der Waals surface area contributed by atoms with Crippen LogP contribution in [0.15, 0.2) is 0 Å². The second-order valence-corrected chi connectivity index (χ2v) is 8.80. The minimum atomic E-state index is 0.579. The van der Waals surface area contributed by atoms with Crippen molar-refractivity contribution in [1.29, 1.82) is 0 Å². The van der Waals surface area contributed by atoms with Gasteiger partial charge in [-0.3, -0.25) is 0 Å². The molecule has 0 bridgehead atoms. The van der Waals surface area contributed by atoms with Gasteiger partial charge >= 0.3 is 0 Å². The van der Waals surface area contributed by atoms with Crippen LogP contribution in [0.5, 0.6) is 0 Å². The van der Waals surface area contributed by atoms with Gasteiger partial charge in [0, 0.05) is 0 Å². The van der Waals surface area contributed by atoms with E-state index >= 15 is 0 Å². The van der Waals surface area contributed by atoms with Gasteiger partial charge in [-0.25, -0.2) is 0 Å². The zero-order valence-electron chi connectivity index (χ0n) is 16.2. The first-order valence-electron chi connectivity index (χ1n) is 9.83. The highest BCUT2D eigenvalue weighted by atomic mass is 14.2. The number of hydrogen-bond donors (Lipinski definition) is 0. The lowest BCUT2D eigenvalue weighted by molar-refractivity contribution is 0.271. The van der Waals surface area contributed by atoms with Crippen molar-refractivity contribution in [3.63, 3.8) is 0 Å². The molecule has 0 aliphatic carbocycles. The van der Waals surface area contributed by atoms with Gasteiger partial charge in [0.15, 0.2) is 0 Å². The lowest BCUT2D eigenvalue weighted by Crippen LogP contribution is -2.12. The Morgan fingerprint density at radius 2 is 0.762 bits per heavy atom. The SMILES string of the molecule is CCCCCC(C)(C)CCCCCCC(C)(C)CCCC. The largest absolute Gasteiger partial charge is 0.0654 e. The number of hydrogen-bond acceptors (Lipinski definition) is 0. The molecular formula is C21H44. The quantitative estimate of drug-likeness (QED) is 0.284. The molecule has 0 aliphatic heterocycles. The second-order valence-electron chi connectivity index (χ2n) is 8.80. The molecule has 0 radical (unpaired) electrons. The Balaban J connectivity index is 3.58. The van der Waals surface area contributed by atoms with Gasteiger partial charge in [-0.15, -0.1) is 0 Å². The maximum absolute atomic E-state index is 2.47. The van der Waals surface area contributed by atoms with Gasteiger partial charge in [0.05, 0.1) is 0 Å². The minimum Gasteiger partial charge on any atom is -0.0654 e. The zero-order valence-corrected chi connectivity index (χ0v) is 16.2. The third kappa shape index (κ3) is 13.4. The van der Waals surface area contributed by atoms with Crippen molar-refractivity contribution in [2.45, 2.75) is 125 Å². The van der Waals surface area contributed by atoms with Crippen molar-refractivity contribution in [1.82, 2.24) is 0 Å². The van der Waals surface area contributed by atoms with E-state index in [2.05, 4.69) is 41.5 Å². The van der Waals surface area contributed by atoms with Crippen LogP contribution in [0.4, 0.5) is 0 Å². The second kappa shape index (κ2) is 11.6. The zero-order chi connectivity index (χ0) is 16.2. The van der Waals surface area contributed by atoms with E-state index in [0.717, 1.165) is 0 Å². The molecule has 0 heteroatoms. The van der Waals surface area contributed by atoms with E-state index in [0.29, 0.717) is 10.8 Å². The summed E-state index contributed by atoms with van der Waals surface area (Å²) in [6, 6.07) is 0. The van der Waals surface area contributed by atoms with E-state index in [-0.39, 0.29) is 0 Å². The van der Waals surface area contributed by atoms with Crippen LogP contribution in [0, 0.1) is 10.8 Å². The molecule has 0 atom stereocenters. The Kier molecular flexibility index (Phi) is 11.6. The summed E-state index contributed by atoms with van der Waals surface area (Å²) in [7, 11) is 0. The maximum atomic E-state index is 2.47. The van der Waals surface area contributed by atoms with Crippen molar-refractivity contribution in [3.05, 3.63) is 0 Å². The lowest BCUT2D eigenvalue weighted by Gasteiger charge is -2.25. The van der Waals surface area contributed by atoms with Gasteiger partial charge in [0.25, 0.3) is 0 Å². The number of unbranched alkanes of at least 4 members (excludes halogenated alkanes) is 6. The molecule has 0 heterocycles. The molecule has 0 N–H and O–H groups in total. The third-order valence-corrected chi connectivity index (χ3v) is 5.12. The van der Waals surface area contributed by atoms with Crippen molar-refractivity contribution >= 4 is 0 Å². The first kappa shape index (κ1) is 21.0. The summed E-state index contributed by atoms with van der Waals surface area (Å²) >= 11 is 0. The molecular weight excluding hydrogens is 252 g/mol. The Labute approximate surface area is 136 Å². The molecule has 0 spiro atoms. The molecule has 0 amide bonds. The van der Waals surface area contributed by atoms with Crippen LogP contribution in [0.25, 0.3) is 0 Å². The summed E-state index contributed by atoms with van der Waals surface area (Å²) < 4.78 is 0. The van der Waals surface area contributed by atoms with Crippen molar-refractivity contribution in [2.24, 2.45) is 10.8 Å². The fourth-order valence-corrected chi connectivity index (χ4v) is 3.32. The van der Waals surface area contributed by atoms with Crippen molar-refractivity contribution in [2.75, 3.05) is 0 Å². The monoisotopic (exact) mass is 296 g/mol. The van der Waals surface area contributed by atoms with Crippen LogP contribution in [0.3, 0.4) is 0 Å². The summed E-state index contributed by atoms with van der Waals surface area (Å²) in [5, 5.41) is 0. The fourth-order valence-electron chi connectivity index (χ4n) is 3.32. The molecule has 21 heavy (non-hydrogen) atoms. The van der Waals surface area contributed by atoms with Crippen LogP contribution in [0.2, 0.25) is 0 Å². The normalized spacial score (nSPS) is 12.9. The smallest absolute Gasteiger partial charge is 0.0354 e. The molecule has 0 rings (SSSR count). The summed E-state index contributed by atoms with van der Waals surface area (Å²) in [6.45, 7) is 14.5. The number of rotatable bonds is 14. The summed E-state index contributed by atoms with van der Waals surface area (Å²) in [4.78, 5) is 0. The van der Waals surface area contributed by atoms with Crippen LogP contribution in [0.1, 0.15) is 125 Å². The summed E-state index contributed by atoms with van der Waals surface area (Å²) in [5.41, 5.74) is 1.16. The Bertz CT molecular complexity index is 224. The van der Waals surface area contributed by atoms with E-state index in [4.69, 9.17) is 0 Å². The molecule has 0 fully saturated rings. The fraction of sp³-hybridized carbons (Fsp3) is 1.00. The molecule has 0 aromatic heterocycles. The lowest BCUT2D eigenvalue weighted by atomic mass is 9.80. The summed E-state index contributed by atoms with van der Waals surface area (Å²) in [5.74, 6) is 0. The predicted molar refractivity (Wildman–Crippen MR) is 98.9 cm³/mol. The van der Waals surface area contributed by atoms with Crippen molar-refractivity contribution in [3.8, 4) is 0 Å². The molecule has 0 saturated carbocycles. The third-order valence-electron chi connectivity index (χ3n) is 5.12. The van der Waals surface area contributed by atoms with E-state index in [1.54, 1.807) is 0 Å². The molecule has 128 valence electrons. The maximum Gasteiger partial charge on any atom is -0.0354 e. The molecule has 0 aromatic rings. The molecule has 0 nitrogen and oxygen atoms in total. The molecule has 0 aliphatic rings. The van der Waals surface area contributed by atoms with Crippen LogP contribution in [-0.4, -0.2) is 0 Å². The van der Waals surface area contributed by atoms with Crippen LogP contribution >= 0.6 is 0 Å². The van der Waals surface area contributed by atoms with Gasteiger partial charge in [0.2, 0.25) is 0 Å². The van der Waals surface area contributed by atoms with Gasteiger partial charge in [-0.1, -0.05) is 99.3 Å².